The smallest absolute Gasteiger partial charge is 0.274 e. The van der Waals surface area contributed by atoms with Gasteiger partial charge in [0, 0.05) is 0 Å². The molecule has 1 amide bonds. The highest BCUT2D eigenvalue weighted by atomic mass is 16.6. The Kier molecular flexibility index (Phi) is 3.82. The van der Waals surface area contributed by atoms with Crippen molar-refractivity contribution in [3.05, 3.63) is 46.9 Å². The number of hydrogen-bond acceptors (Lipinski definition) is 5. The Bertz CT molecular complexity index is 734. The molecule has 6 nitrogen and oxygen atoms in total. The first-order valence-electron chi connectivity index (χ1n) is 6.93. The molecule has 0 unspecified atom stereocenters. The molecule has 0 spiro atoms. The monoisotopic (exact) mass is 300 g/mol. The van der Waals surface area contributed by atoms with Crippen LogP contribution in [0.15, 0.2) is 33.8 Å². The van der Waals surface area contributed by atoms with E-state index in [0.717, 1.165) is 11.3 Å². The Morgan fingerprint density at radius 3 is 2.68 bits per heavy atom. The molecule has 6 heteroatoms. The van der Waals surface area contributed by atoms with Crippen LogP contribution in [-0.2, 0) is 0 Å². The molecule has 2 aromatic rings. The molecule has 1 aliphatic heterocycles. The van der Waals surface area contributed by atoms with Gasteiger partial charge in [-0.3, -0.25) is 4.79 Å². The van der Waals surface area contributed by atoms with E-state index in [1.54, 1.807) is 26.1 Å². The number of amides is 1. The SMILES string of the molecule is Cc1cc(C(=O)NN=Cc2ccc3c(c2)OCCO3)c(C)o1. The van der Waals surface area contributed by atoms with Gasteiger partial charge in [0.1, 0.15) is 24.7 Å². The van der Waals surface area contributed by atoms with E-state index in [2.05, 4.69) is 10.5 Å². The van der Waals surface area contributed by atoms with E-state index in [1.165, 1.54) is 0 Å². The van der Waals surface area contributed by atoms with Crippen molar-refractivity contribution in [3.8, 4) is 11.5 Å². The summed E-state index contributed by atoms with van der Waals surface area (Å²) < 4.78 is 16.3. The van der Waals surface area contributed by atoms with Crippen LogP contribution in [0, 0.1) is 13.8 Å². The second-order valence-electron chi connectivity index (χ2n) is 4.93. The van der Waals surface area contributed by atoms with Crippen LogP contribution in [0.4, 0.5) is 0 Å². The summed E-state index contributed by atoms with van der Waals surface area (Å²) in [5.41, 5.74) is 3.77. The topological polar surface area (TPSA) is 73.1 Å². The van der Waals surface area contributed by atoms with Crippen LogP contribution in [0.3, 0.4) is 0 Å². The van der Waals surface area contributed by atoms with Gasteiger partial charge in [-0.05, 0) is 43.7 Å². The molecule has 3 rings (SSSR count). The third-order valence-corrected chi connectivity index (χ3v) is 3.23. The van der Waals surface area contributed by atoms with Gasteiger partial charge >= 0.3 is 0 Å². The molecule has 2 heterocycles. The number of hydrogen-bond donors (Lipinski definition) is 1. The summed E-state index contributed by atoms with van der Waals surface area (Å²) in [6, 6.07) is 7.17. The summed E-state index contributed by atoms with van der Waals surface area (Å²) in [5.74, 6) is 2.37. The Morgan fingerprint density at radius 2 is 1.95 bits per heavy atom. The lowest BCUT2D eigenvalue weighted by Gasteiger charge is -2.18. The first-order valence-corrected chi connectivity index (χ1v) is 6.93. The standard InChI is InChI=1S/C16H16N2O4/c1-10-7-13(11(2)22-10)16(19)18-17-9-12-3-4-14-15(8-12)21-6-5-20-14/h3-4,7-9H,5-6H2,1-2H3,(H,18,19). The van der Waals surface area contributed by atoms with Crippen molar-refractivity contribution in [2.24, 2.45) is 5.10 Å². The molecule has 22 heavy (non-hydrogen) atoms. The summed E-state index contributed by atoms with van der Waals surface area (Å²) in [5, 5.41) is 3.95. The molecule has 0 fully saturated rings. The quantitative estimate of drug-likeness (QED) is 0.698. The largest absolute Gasteiger partial charge is 0.486 e. The minimum Gasteiger partial charge on any atom is -0.486 e. The summed E-state index contributed by atoms with van der Waals surface area (Å²) in [6.45, 7) is 4.62. The lowest BCUT2D eigenvalue weighted by Crippen LogP contribution is -2.18. The first-order chi connectivity index (χ1) is 10.6. The Morgan fingerprint density at radius 1 is 1.18 bits per heavy atom. The number of benzene rings is 1. The number of carbonyl (C=O) groups is 1. The molecule has 1 aromatic heterocycles. The molecular weight excluding hydrogens is 284 g/mol. The Labute approximate surface area is 127 Å². The van der Waals surface area contributed by atoms with Crippen molar-refractivity contribution in [1.29, 1.82) is 0 Å². The average molecular weight is 300 g/mol. The molecule has 0 bridgehead atoms. The maximum Gasteiger partial charge on any atom is 0.274 e. The van der Waals surface area contributed by atoms with Gasteiger partial charge in [0.05, 0.1) is 11.8 Å². The third-order valence-electron chi connectivity index (χ3n) is 3.23. The molecular formula is C16H16N2O4. The van der Waals surface area contributed by atoms with Crippen molar-refractivity contribution in [3.63, 3.8) is 0 Å². The fourth-order valence-corrected chi connectivity index (χ4v) is 2.22. The Balaban J connectivity index is 1.67. The van der Waals surface area contributed by atoms with Gasteiger partial charge in [-0.2, -0.15) is 5.10 Å². The fourth-order valence-electron chi connectivity index (χ4n) is 2.22. The highest BCUT2D eigenvalue weighted by Crippen LogP contribution is 2.30. The van der Waals surface area contributed by atoms with Gasteiger partial charge in [-0.1, -0.05) is 0 Å². The van der Waals surface area contributed by atoms with Gasteiger partial charge in [0.15, 0.2) is 11.5 Å². The van der Waals surface area contributed by atoms with E-state index in [4.69, 9.17) is 13.9 Å². The number of nitrogens with one attached hydrogen (secondary N) is 1. The third kappa shape index (κ3) is 2.95. The van der Waals surface area contributed by atoms with E-state index >= 15 is 0 Å². The van der Waals surface area contributed by atoms with Gasteiger partial charge in [0.2, 0.25) is 0 Å². The minimum atomic E-state index is -0.303. The maximum atomic E-state index is 12.0. The van der Waals surface area contributed by atoms with Gasteiger partial charge in [-0.15, -0.1) is 0 Å². The molecule has 0 atom stereocenters. The molecule has 114 valence electrons. The number of ether oxygens (including phenoxy) is 2. The van der Waals surface area contributed by atoms with Crippen LogP contribution in [0.2, 0.25) is 0 Å². The number of furan rings is 1. The van der Waals surface area contributed by atoms with Crippen molar-refractivity contribution >= 4 is 12.1 Å². The molecule has 1 N–H and O–H groups in total. The van der Waals surface area contributed by atoms with Crippen molar-refractivity contribution < 1.29 is 18.7 Å². The van der Waals surface area contributed by atoms with E-state index < -0.39 is 0 Å². The predicted octanol–water partition coefficient (Wildman–Crippen LogP) is 2.43. The van der Waals surface area contributed by atoms with Crippen LogP contribution in [0.1, 0.15) is 27.4 Å². The number of aryl methyl sites for hydroxylation is 2. The predicted molar refractivity (Wildman–Crippen MR) is 80.7 cm³/mol. The van der Waals surface area contributed by atoms with Crippen LogP contribution >= 0.6 is 0 Å². The summed E-state index contributed by atoms with van der Waals surface area (Å²) in [7, 11) is 0. The molecule has 0 saturated carbocycles. The van der Waals surface area contributed by atoms with Crippen molar-refractivity contribution in [2.75, 3.05) is 13.2 Å². The maximum absolute atomic E-state index is 12.0. The van der Waals surface area contributed by atoms with Crippen LogP contribution in [0.25, 0.3) is 0 Å². The molecule has 1 aliphatic rings. The van der Waals surface area contributed by atoms with E-state index in [0.29, 0.717) is 36.0 Å². The van der Waals surface area contributed by atoms with Crippen LogP contribution in [-0.4, -0.2) is 25.3 Å². The van der Waals surface area contributed by atoms with E-state index in [1.807, 2.05) is 18.2 Å². The number of rotatable bonds is 3. The van der Waals surface area contributed by atoms with E-state index in [-0.39, 0.29) is 5.91 Å². The fraction of sp³-hybridized carbons (Fsp3) is 0.250. The van der Waals surface area contributed by atoms with Crippen molar-refractivity contribution in [1.82, 2.24) is 5.43 Å². The van der Waals surface area contributed by atoms with Gasteiger partial charge < -0.3 is 13.9 Å². The van der Waals surface area contributed by atoms with Gasteiger partial charge in [0.25, 0.3) is 5.91 Å². The molecule has 0 radical (unpaired) electrons. The minimum absolute atomic E-state index is 0.303. The second-order valence-corrected chi connectivity index (χ2v) is 4.93. The molecule has 1 aromatic carbocycles. The Hall–Kier alpha value is -2.76. The average Bonchev–Trinajstić information content (AvgIpc) is 2.86. The second kappa shape index (κ2) is 5.93. The normalized spacial score (nSPS) is 13.4. The highest BCUT2D eigenvalue weighted by Gasteiger charge is 2.13. The van der Waals surface area contributed by atoms with Crippen LogP contribution < -0.4 is 14.9 Å². The number of nitrogens with zero attached hydrogens (tertiary/aromatic N) is 1. The van der Waals surface area contributed by atoms with Crippen molar-refractivity contribution in [2.45, 2.75) is 13.8 Å². The number of hydrazone groups is 1. The zero-order valence-corrected chi connectivity index (χ0v) is 12.4. The highest BCUT2D eigenvalue weighted by molar-refractivity contribution is 5.95. The zero-order valence-electron chi connectivity index (χ0n) is 12.4. The number of fused-ring (bicyclic) bond motifs is 1. The zero-order chi connectivity index (χ0) is 15.5. The molecule has 0 saturated heterocycles. The lowest BCUT2D eigenvalue weighted by molar-refractivity contribution is 0.0953. The van der Waals surface area contributed by atoms with Gasteiger partial charge in [-0.25, -0.2) is 5.43 Å². The summed E-state index contributed by atoms with van der Waals surface area (Å²) >= 11 is 0. The first kappa shape index (κ1) is 14.2. The molecule has 0 aliphatic carbocycles. The summed E-state index contributed by atoms with van der Waals surface area (Å²) in [6.07, 6.45) is 1.55. The number of carbonyl (C=O) groups excluding carboxylic acids is 1. The van der Waals surface area contributed by atoms with Crippen LogP contribution in [0.5, 0.6) is 11.5 Å². The summed E-state index contributed by atoms with van der Waals surface area (Å²) in [4.78, 5) is 12.0. The lowest BCUT2D eigenvalue weighted by atomic mass is 10.2. The van der Waals surface area contributed by atoms with E-state index in [9.17, 15) is 4.79 Å².